The Balaban J connectivity index is 4.24. The third-order valence-corrected chi connectivity index (χ3v) is 1.27. The average molecular weight is 138 g/mol. The number of rotatable bonds is 3. The number of amidine groups is 1. The standard InChI is InChI=1S/C8H14N2/c1-5-8(9-4)10(6-2)7-3/h5-6H,1-2,7H2,3-4H3. The molecular weight excluding hydrogens is 124 g/mol. The Morgan fingerprint density at radius 2 is 2.20 bits per heavy atom. The molecule has 10 heavy (non-hydrogen) atoms. The van der Waals surface area contributed by atoms with Gasteiger partial charge in [0.1, 0.15) is 5.84 Å². The minimum atomic E-state index is 0.859. The van der Waals surface area contributed by atoms with Crippen molar-refractivity contribution in [2.75, 3.05) is 13.6 Å². The fourth-order valence-corrected chi connectivity index (χ4v) is 0.722. The van der Waals surface area contributed by atoms with Crippen LogP contribution in [0, 0.1) is 0 Å². The van der Waals surface area contributed by atoms with Gasteiger partial charge in [0.15, 0.2) is 0 Å². The maximum absolute atomic E-state index is 4.00. The van der Waals surface area contributed by atoms with Crippen molar-refractivity contribution in [2.45, 2.75) is 6.92 Å². The number of aliphatic imine (C=N–C) groups is 1. The molecule has 0 aliphatic rings. The summed E-state index contributed by atoms with van der Waals surface area (Å²) in [7, 11) is 1.74. The van der Waals surface area contributed by atoms with Gasteiger partial charge in [0.05, 0.1) is 0 Å². The molecule has 0 aromatic heterocycles. The van der Waals surface area contributed by atoms with Crippen molar-refractivity contribution in [1.29, 1.82) is 0 Å². The van der Waals surface area contributed by atoms with Gasteiger partial charge in [0.2, 0.25) is 0 Å². The highest BCUT2D eigenvalue weighted by Gasteiger charge is 1.97. The van der Waals surface area contributed by atoms with Gasteiger partial charge >= 0.3 is 0 Å². The lowest BCUT2D eigenvalue weighted by molar-refractivity contribution is 0.594. The van der Waals surface area contributed by atoms with Gasteiger partial charge in [-0.1, -0.05) is 13.2 Å². The number of hydrogen-bond donors (Lipinski definition) is 0. The first kappa shape index (κ1) is 8.95. The average Bonchev–Trinajstić information content (AvgIpc) is 2.00. The lowest BCUT2D eigenvalue weighted by atomic mass is 10.4. The predicted octanol–water partition coefficient (Wildman–Crippen LogP) is 1.67. The summed E-state index contributed by atoms with van der Waals surface area (Å²) in [4.78, 5) is 5.93. The molecule has 0 heterocycles. The highest BCUT2D eigenvalue weighted by atomic mass is 15.2. The molecule has 0 spiro atoms. The van der Waals surface area contributed by atoms with E-state index in [4.69, 9.17) is 0 Å². The molecule has 0 saturated heterocycles. The van der Waals surface area contributed by atoms with Crippen LogP contribution in [-0.2, 0) is 0 Å². The van der Waals surface area contributed by atoms with E-state index in [-0.39, 0.29) is 0 Å². The van der Waals surface area contributed by atoms with Crippen LogP contribution in [0.4, 0.5) is 0 Å². The van der Waals surface area contributed by atoms with Gasteiger partial charge in [0, 0.05) is 13.6 Å². The van der Waals surface area contributed by atoms with E-state index >= 15 is 0 Å². The molecule has 2 nitrogen and oxygen atoms in total. The first-order chi connectivity index (χ1) is 4.79. The Kier molecular flexibility index (Phi) is 4.29. The molecule has 0 rings (SSSR count). The van der Waals surface area contributed by atoms with Crippen molar-refractivity contribution in [3.05, 3.63) is 25.4 Å². The van der Waals surface area contributed by atoms with E-state index in [1.165, 1.54) is 0 Å². The Morgan fingerprint density at radius 1 is 1.60 bits per heavy atom. The molecule has 0 saturated carbocycles. The molecule has 0 fully saturated rings. The molecule has 56 valence electrons. The Bertz CT molecular complexity index is 147. The van der Waals surface area contributed by atoms with E-state index in [0.29, 0.717) is 0 Å². The summed E-state index contributed by atoms with van der Waals surface area (Å²) in [5, 5.41) is 0. The molecule has 0 aromatic rings. The molecule has 2 heteroatoms. The van der Waals surface area contributed by atoms with Crippen LogP contribution in [0.25, 0.3) is 0 Å². The van der Waals surface area contributed by atoms with Gasteiger partial charge in [-0.25, -0.2) is 0 Å². The summed E-state index contributed by atoms with van der Waals surface area (Å²) in [5.74, 6) is 0.859. The van der Waals surface area contributed by atoms with E-state index in [1.807, 2.05) is 11.8 Å². The first-order valence-electron chi connectivity index (χ1n) is 3.28. The van der Waals surface area contributed by atoms with E-state index in [2.05, 4.69) is 18.2 Å². The number of hydrogen-bond acceptors (Lipinski definition) is 1. The summed E-state index contributed by atoms with van der Waals surface area (Å²) >= 11 is 0. The van der Waals surface area contributed by atoms with Crippen molar-refractivity contribution < 1.29 is 0 Å². The van der Waals surface area contributed by atoms with Crippen LogP contribution in [0.5, 0.6) is 0 Å². The van der Waals surface area contributed by atoms with Crippen LogP contribution in [0.2, 0.25) is 0 Å². The number of nitrogens with zero attached hydrogens (tertiary/aromatic N) is 2. The molecule has 0 unspecified atom stereocenters. The zero-order chi connectivity index (χ0) is 7.98. The summed E-state index contributed by atoms with van der Waals surface area (Å²) in [5.41, 5.74) is 0. The van der Waals surface area contributed by atoms with Gasteiger partial charge < -0.3 is 4.90 Å². The normalized spacial score (nSPS) is 10.8. The van der Waals surface area contributed by atoms with Gasteiger partial charge in [0.25, 0.3) is 0 Å². The third-order valence-electron chi connectivity index (χ3n) is 1.27. The minimum Gasteiger partial charge on any atom is -0.334 e. The van der Waals surface area contributed by atoms with Crippen LogP contribution in [-0.4, -0.2) is 24.3 Å². The highest BCUT2D eigenvalue weighted by Crippen LogP contribution is 1.91. The van der Waals surface area contributed by atoms with Crippen LogP contribution in [0.3, 0.4) is 0 Å². The molecule has 0 N–H and O–H groups in total. The van der Waals surface area contributed by atoms with Gasteiger partial charge in [-0.05, 0) is 19.2 Å². The largest absolute Gasteiger partial charge is 0.334 e. The van der Waals surface area contributed by atoms with Gasteiger partial charge in [-0.15, -0.1) is 0 Å². The summed E-state index contributed by atoms with van der Waals surface area (Å²) in [6.45, 7) is 10.2. The molecule has 0 amide bonds. The van der Waals surface area contributed by atoms with Crippen molar-refractivity contribution in [1.82, 2.24) is 4.90 Å². The van der Waals surface area contributed by atoms with E-state index in [1.54, 1.807) is 19.3 Å². The quantitative estimate of drug-likeness (QED) is 0.428. The predicted molar refractivity (Wildman–Crippen MR) is 46.1 cm³/mol. The topological polar surface area (TPSA) is 15.6 Å². The molecule has 0 aromatic carbocycles. The van der Waals surface area contributed by atoms with E-state index in [0.717, 1.165) is 12.4 Å². The molecule has 0 radical (unpaired) electrons. The maximum Gasteiger partial charge on any atom is 0.126 e. The molecule has 0 atom stereocenters. The van der Waals surface area contributed by atoms with Crippen LogP contribution < -0.4 is 0 Å². The number of likely N-dealkylation sites (N-methyl/N-ethyl adjacent to an activating group) is 1. The van der Waals surface area contributed by atoms with Crippen LogP contribution >= 0.6 is 0 Å². The lowest BCUT2D eigenvalue weighted by Crippen LogP contribution is -2.22. The van der Waals surface area contributed by atoms with Crippen molar-refractivity contribution in [2.24, 2.45) is 4.99 Å². The zero-order valence-corrected chi connectivity index (χ0v) is 6.67. The van der Waals surface area contributed by atoms with Crippen molar-refractivity contribution in [3.8, 4) is 0 Å². The first-order valence-corrected chi connectivity index (χ1v) is 3.28. The second-order valence-corrected chi connectivity index (χ2v) is 1.75. The maximum atomic E-state index is 4.00. The second-order valence-electron chi connectivity index (χ2n) is 1.75. The lowest BCUT2D eigenvalue weighted by Gasteiger charge is -2.16. The molecular formula is C8H14N2. The second kappa shape index (κ2) is 4.79. The van der Waals surface area contributed by atoms with E-state index in [9.17, 15) is 0 Å². The Hall–Kier alpha value is -1.05. The minimum absolute atomic E-state index is 0.859. The molecule has 0 aliphatic heterocycles. The zero-order valence-electron chi connectivity index (χ0n) is 6.67. The summed E-state index contributed by atoms with van der Waals surface area (Å²) in [6.07, 6.45) is 3.45. The highest BCUT2D eigenvalue weighted by molar-refractivity contribution is 5.92. The Labute approximate surface area is 62.6 Å². The Morgan fingerprint density at radius 3 is 2.30 bits per heavy atom. The summed E-state index contributed by atoms with van der Waals surface area (Å²) in [6, 6.07) is 0. The van der Waals surface area contributed by atoms with Crippen LogP contribution in [0.1, 0.15) is 6.92 Å². The monoisotopic (exact) mass is 138 g/mol. The summed E-state index contributed by atoms with van der Waals surface area (Å²) < 4.78 is 0. The third kappa shape index (κ3) is 2.05. The fourth-order valence-electron chi connectivity index (χ4n) is 0.722. The van der Waals surface area contributed by atoms with Gasteiger partial charge in [-0.3, -0.25) is 4.99 Å². The van der Waals surface area contributed by atoms with Crippen LogP contribution in [0.15, 0.2) is 30.4 Å². The van der Waals surface area contributed by atoms with Crippen molar-refractivity contribution in [3.63, 3.8) is 0 Å². The fraction of sp³-hybridized carbons (Fsp3) is 0.375. The molecule has 0 aliphatic carbocycles. The molecule has 0 bridgehead atoms. The van der Waals surface area contributed by atoms with E-state index < -0.39 is 0 Å². The SMILES string of the molecule is C=CC(=NC)N(C=C)CC. The smallest absolute Gasteiger partial charge is 0.126 e. The van der Waals surface area contributed by atoms with Crippen molar-refractivity contribution >= 4 is 5.84 Å². The van der Waals surface area contributed by atoms with Gasteiger partial charge in [-0.2, -0.15) is 0 Å².